The third-order valence-corrected chi connectivity index (χ3v) is 2.64. The molecule has 14 heavy (non-hydrogen) atoms. The van der Waals surface area contributed by atoms with Gasteiger partial charge >= 0.3 is 0 Å². The molecule has 1 atom stereocenters. The van der Waals surface area contributed by atoms with Crippen LogP contribution in [0, 0.1) is 0 Å². The Labute approximate surface area is 88.9 Å². The van der Waals surface area contributed by atoms with E-state index < -0.39 is 0 Å². The van der Waals surface area contributed by atoms with E-state index >= 15 is 0 Å². The molecule has 0 amide bonds. The van der Waals surface area contributed by atoms with Gasteiger partial charge in [0.2, 0.25) is 0 Å². The van der Waals surface area contributed by atoms with Gasteiger partial charge in [0, 0.05) is 5.56 Å². The molecule has 1 unspecified atom stereocenters. The standard InChI is InChI=1S/C10H15N3S/c1-8(12-2)14-13-10(11)9-6-4-3-5-7-9/h3-8,12H,1-2H3,(H2,11,13). The molecule has 3 nitrogen and oxygen atoms in total. The molecule has 0 heterocycles. The van der Waals surface area contributed by atoms with Crippen molar-refractivity contribution in [3.63, 3.8) is 0 Å². The molecule has 0 aliphatic rings. The van der Waals surface area contributed by atoms with E-state index in [0.29, 0.717) is 5.84 Å². The second-order valence-electron chi connectivity index (χ2n) is 2.88. The summed E-state index contributed by atoms with van der Waals surface area (Å²) in [5.74, 6) is 0.567. The monoisotopic (exact) mass is 209 g/mol. The van der Waals surface area contributed by atoms with Crippen LogP contribution in [0.1, 0.15) is 12.5 Å². The molecule has 3 N–H and O–H groups in total. The highest BCUT2D eigenvalue weighted by atomic mass is 32.2. The Morgan fingerprint density at radius 2 is 2.07 bits per heavy atom. The van der Waals surface area contributed by atoms with Crippen molar-refractivity contribution in [2.24, 2.45) is 10.1 Å². The van der Waals surface area contributed by atoms with Crippen LogP contribution in [0.25, 0.3) is 0 Å². The Morgan fingerprint density at radius 3 is 2.64 bits per heavy atom. The third kappa shape index (κ3) is 3.40. The van der Waals surface area contributed by atoms with E-state index in [2.05, 4.69) is 9.71 Å². The summed E-state index contributed by atoms with van der Waals surface area (Å²) in [6.45, 7) is 2.03. The minimum Gasteiger partial charge on any atom is -0.383 e. The van der Waals surface area contributed by atoms with Crippen molar-refractivity contribution in [3.8, 4) is 0 Å². The first-order valence-corrected chi connectivity index (χ1v) is 5.29. The van der Waals surface area contributed by atoms with Crippen LogP contribution in [0.2, 0.25) is 0 Å². The predicted molar refractivity (Wildman–Crippen MR) is 63.3 cm³/mol. The van der Waals surface area contributed by atoms with Gasteiger partial charge in [-0.2, -0.15) is 4.40 Å². The summed E-state index contributed by atoms with van der Waals surface area (Å²) in [5, 5.41) is 3.35. The topological polar surface area (TPSA) is 50.4 Å². The van der Waals surface area contributed by atoms with E-state index in [4.69, 9.17) is 5.73 Å². The molecular formula is C10H15N3S. The molecule has 0 radical (unpaired) electrons. The van der Waals surface area contributed by atoms with Crippen LogP contribution < -0.4 is 11.1 Å². The van der Waals surface area contributed by atoms with Gasteiger partial charge in [0.15, 0.2) is 0 Å². The average molecular weight is 209 g/mol. The second-order valence-corrected chi connectivity index (χ2v) is 3.98. The van der Waals surface area contributed by atoms with Crippen LogP contribution in [0.3, 0.4) is 0 Å². The van der Waals surface area contributed by atoms with Gasteiger partial charge in [-0.05, 0) is 25.9 Å². The van der Waals surface area contributed by atoms with Crippen molar-refractivity contribution < 1.29 is 0 Å². The number of hydrogen-bond donors (Lipinski definition) is 2. The highest BCUT2D eigenvalue weighted by Gasteiger charge is 1.99. The normalized spacial score (nSPS) is 14.0. The molecule has 1 rings (SSSR count). The predicted octanol–water partition coefficient (Wildman–Crippen LogP) is 1.61. The van der Waals surface area contributed by atoms with Crippen molar-refractivity contribution >= 4 is 17.8 Å². The lowest BCUT2D eigenvalue weighted by atomic mass is 10.2. The zero-order chi connectivity index (χ0) is 10.4. The maximum Gasteiger partial charge on any atom is 0.138 e. The number of nitrogens with two attached hydrogens (primary N) is 1. The number of nitrogens with one attached hydrogen (secondary N) is 1. The van der Waals surface area contributed by atoms with E-state index in [9.17, 15) is 0 Å². The molecule has 0 bridgehead atoms. The summed E-state index contributed by atoms with van der Waals surface area (Å²) in [5.41, 5.74) is 6.76. The molecule has 0 aliphatic heterocycles. The van der Waals surface area contributed by atoms with Gasteiger partial charge in [0.1, 0.15) is 5.84 Å². The lowest BCUT2D eigenvalue weighted by Crippen LogP contribution is -2.18. The highest BCUT2D eigenvalue weighted by molar-refractivity contribution is 7.98. The molecule has 0 aromatic heterocycles. The molecule has 1 aromatic rings. The minimum absolute atomic E-state index is 0.275. The summed E-state index contributed by atoms with van der Waals surface area (Å²) in [6, 6.07) is 9.75. The van der Waals surface area contributed by atoms with Gasteiger partial charge in [-0.1, -0.05) is 30.3 Å². The van der Waals surface area contributed by atoms with Gasteiger partial charge in [0.05, 0.1) is 5.37 Å². The third-order valence-electron chi connectivity index (χ3n) is 1.79. The van der Waals surface area contributed by atoms with Crippen molar-refractivity contribution in [1.29, 1.82) is 0 Å². The number of benzene rings is 1. The fourth-order valence-corrected chi connectivity index (χ4v) is 1.33. The highest BCUT2D eigenvalue weighted by Crippen LogP contribution is 2.10. The lowest BCUT2D eigenvalue weighted by Gasteiger charge is -2.05. The Hall–Kier alpha value is -1.00. The SMILES string of the molecule is CNC(C)S/N=C(\N)c1ccccc1. The first-order valence-electron chi connectivity index (χ1n) is 4.46. The molecule has 76 valence electrons. The molecule has 4 heteroatoms. The Morgan fingerprint density at radius 1 is 1.43 bits per heavy atom. The second kappa shape index (κ2) is 5.67. The summed E-state index contributed by atoms with van der Waals surface area (Å²) >= 11 is 1.43. The van der Waals surface area contributed by atoms with Crippen molar-refractivity contribution in [3.05, 3.63) is 35.9 Å². The van der Waals surface area contributed by atoms with Crippen LogP contribution in [0.15, 0.2) is 34.7 Å². The van der Waals surface area contributed by atoms with Crippen LogP contribution >= 0.6 is 11.9 Å². The molecule has 0 fully saturated rings. The largest absolute Gasteiger partial charge is 0.383 e. The van der Waals surface area contributed by atoms with E-state index in [0.717, 1.165) is 5.56 Å². The number of amidine groups is 1. The Kier molecular flexibility index (Phi) is 4.49. The molecular weight excluding hydrogens is 194 g/mol. The van der Waals surface area contributed by atoms with E-state index in [1.807, 2.05) is 44.3 Å². The summed E-state index contributed by atoms with van der Waals surface area (Å²) in [6.07, 6.45) is 0. The van der Waals surface area contributed by atoms with Crippen molar-refractivity contribution in [2.45, 2.75) is 12.3 Å². The van der Waals surface area contributed by atoms with Crippen molar-refractivity contribution in [1.82, 2.24) is 5.32 Å². The zero-order valence-electron chi connectivity index (χ0n) is 8.40. The number of hydrogen-bond acceptors (Lipinski definition) is 3. The Bertz CT molecular complexity index is 297. The Balaban J connectivity index is 2.61. The average Bonchev–Trinajstić information content (AvgIpc) is 2.26. The number of rotatable bonds is 4. The summed E-state index contributed by atoms with van der Waals surface area (Å²) in [7, 11) is 1.89. The van der Waals surface area contributed by atoms with Gasteiger partial charge in [-0.15, -0.1) is 0 Å². The number of nitrogens with zero attached hydrogens (tertiary/aromatic N) is 1. The van der Waals surface area contributed by atoms with E-state index in [-0.39, 0.29) is 5.37 Å². The van der Waals surface area contributed by atoms with Gasteiger partial charge in [-0.3, -0.25) is 0 Å². The van der Waals surface area contributed by atoms with Crippen LogP contribution in [-0.4, -0.2) is 18.3 Å². The first kappa shape index (κ1) is 11.1. The smallest absolute Gasteiger partial charge is 0.138 e. The summed E-state index contributed by atoms with van der Waals surface area (Å²) in [4.78, 5) is 0. The molecule has 0 spiro atoms. The maximum atomic E-state index is 5.80. The van der Waals surface area contributed by atoms with E-state index in [1.54, 1.807) is 0 Å². The van der Waals surface area contributed by atoms with Crippen LogP contribution in [-0.2, 0) is 0 Å². The first-order chi connectivity index (χ1) is 6.74. The quantitative estimate of drug-likeness (QED) is 0.343. The lowest BCUT2D eigenvalue weighted by molar-refractivity contribution is 0.807. The van der Waals surface area contributed by atoms with E-state index in [1.165, 1.54) is 11.9 Å². The maximum absolute atomic E-state index is 5.80. The fraction of sp³-hybridized carbons (Fsp3) is 0.300. The fourth-order valence-electron chi connectivity index (χ4n) is 0.850. The molecule has 0 saturated heterocycles. The van der Waals surface area contributed by atoms with Crippen LogP contribution in [0.5, 0.6) is 0 Å². The zero-order valence-corrected chi connectivity index (χ0v) is 9.21. The summed E-state index contributed by atoms with van der Waals surface area (Å²) < 4.78 is 4.21. The van der Waals surface area contributed by atoms with Gasteiger partial charge in [-0.25, -0.2) is 0 Å². The minimum atomic E-state index is 0.275. The van der Waals surface area contributed by atoms with Gasteiger partial charge in [0.25, 0.3) is 0 Å². The van der Waals surface area contributed by atoms with Crippen LogP contribution in [0.4, 0.5) is 0 Å². The van der Waals surface area contributed by atoms with Gasteiger partial charge < -0.3 is 11.1 Å². The molecule has 1 aromatic carbocycles. The molecule has 0 aliphatic carbocycles. The van der Waals surface area contributed by atoms with Crippen molar-refractivity contribution in [2.75, 3.05) is 7.05 Å². The molecule has 0 saturated carbocycles.